The van der Waals surface area contributed by atoms with Crippen molar-refractivity contribution >= 4 is 23.4 Å². The van der Waals surface area contributed by atoms with E-state index in [9.17, 15) is 4.79 Å². The Morgan fingerprint density at radius 1 is 1.38 bits per heavy atom. The average Bonchev–Trinajstić information content (AvgIpc) is 2.66. The van der Waals surface area contributed by atoms with Crippen molar-refractivity contribution in [2.24, 2.45) is 4.99 Å². The van der Waals surface area contributed by atoms with Crippen LogP contribution in [0.3, 0.4) is 0 Å². The number of rotatable bonds is 0. The number of aromatic nitrogens is 4. The van der Waals surface area contributed by atoms with Crippen molar-refractivity contribution in [2.45, 2.75) is 0 Å². The van der Waals surface area contributed by atoms with E-state index in [1.807, 2.05) is 0 Å². The van der Waals surface area contributed by atoms with Gasteiger partial charge in [-0.25, -0.2) is 24.3 Å². The molecule has 0 saturated carbocycles. The number of aliphatic imine (C=N–C) groups is 1. The Labute approximate surface area is 72.0 Å². The zero-order valence-corrected chi connectivity index (χ0v) is 6.38. The first-order chi connectivity index (χ1) is 6.36. The molecule has 1 aliphatic heterocycles. The summed E-state index contributed by atoms with van der Waals surface area (Å²) in [6.45, 7) is 0. The fraction of sp³-hybridized carbons (Fsp3) is 0. The second-order valence-electron chi connectivity index (χ2n) is 2.58. The van der Waals surface area contributed by atoms with Gasteiger partial charge in [0.25, 0.3) is 0 Å². The molecule has 2 aromatic heterocycles. The molecule has 2 aromatic rings. The van der Waals surface area contributed by atoms with Crippen LogP contribution in [0.15, 0.2) is 17.5 Å². The number of hydrogen-bond donors (Lipinski definition) is 0. The summed E-state index contributed by atoms with van der Waals surface area (Å²) in [7, 11) is 0. The maximum atomic E-state index is 11.2. The summed E-state index contributed by atoms with van der Waals surface area (Å²) in [5, 5.41) is 0. The zero-order valence-electron chi connectivity index (χ0n) is 6.38. The zero-order chi connectivity index (χ0) is 8.84. The summed E-state index contributed by atoms with van der Waals surface area (Å²) in [5.41, 5.74) is 1.12. The lowest BCUT2D eigenvalue weighted by molar-refractivity contribution is 0.252. The first kappa shape index (κ1) is 6.41. The van der Waals surface area contributed by atoms with Crippen molar-refractivity contribution in [3.8, 4) is 0 Å². The van der Waals surface area contributed by atoms with E-state index < -0.39 is 0 Å². The Hall–Kier alpha value is -2.11. The first-order valence-electron chi connectivity index (χ1n) is 3.63. The molecule has 0 unspecified atom stereocenters. The molecular weight excluding hydrogens is 170 g/mol. The van der Waals surface area contributed by atoms with Crippen LogP contribution in [0.5, 0.6) is 0 Å². The lowest BCUT2D eigenvalue weighted by atomic mass is 10.6. The Morgan fingerprint density at radius 3 is 3.23 bits per heavy atom. The fourth-order valence-corrected chi connectivity index (χ4v) is 1.29. The molecule has 0 bridgehead atoms. The Kier molecular flexibility index (Phi) is 0.974. The molecule has 3 heterocycles. The third-order valence-corrected chi connectivity index (χ3v) is 1.83. The number of hydrogen-bond acceptors (Lipinski definition) is 4. The van der Waals surface area contributed by atoms with Gasteiger partial charge >= 0.3 is 6.03 Å². The molecule has 0 radical (unpaired) electrons. The number of carbonyl (C=O) groups is 1. The van der Waals surface area contributed by atoms with Crippen molar-refractivity contribution in [2.75, 3.05) is 0 Å². The number of fused-ring (bicyclic) bond motifs is 3. The molecule has 0 aromatic carbocycles. The van der Waals surface area contributed by atoms with Crippen LogP contribution in [0.4, 0.5) is 4.79 Å². The Bertz CT molecular complexity index is 541. The highest BCUT2D eigenvalue weighted by Gasteiger charge is 2.20. The second-order valence-corrected chi connectivity index (χ2v) is 2.58. The van der Waals surface area contributed by atoms with Crippen LogP contribution in [0.2, 0.25) is 0 Å². The van der Waals surface area contributed by atoms with Crippen molar-refractivity contribution in [1.29, 1.82) is 0 Å². The molecule has 0 saturated heterocycles. The van der Waals surface area contributed by atoms with Crippen LogP contribution in [0.1, 0.15) is 5.82 Å². The summed E-state index contributed by atoms with van der Waals surface area (Å²) in [6, 6.07) is -0.351. The lowest BCUT2D eigenvalue weighted by Crippen LogP contribution is -2.03. The molecule has 0 aliphatic carbocycles. The van der Waals surface area contributed by atoms with Crippen molar-refractivity contribution in [3.63, 3.8) is 0 Å². The third kappa shape index (κ3) is 0.689. The van der Waals surface area contributed by atoms with Crippen molar-refractivity contribution < 1.29 is 4.79 Å². The highest BCUT2D eigenvalue weighted by Crippen LogP contribution is 2.14. The number of nitrogens with zero attached hydrogens (tertiary/aromatic N) is 5. The maximum Gasteiger partial charge on any atom is 0.355 e. The highest BCUT2D eigenvalue weighted by atomic mass is 16.2. The molecule has 1 amide bonds. The molecule has 62 valence electrons. The minimum Gasteiger partial charge on any atom is -0.245 e. The monoisotopic (exact) mass is 173 g/mol. The second kappa shape index (κ2) is 1.98. The van der Waals surface area contributed by atoms with Gasteiger partial charge in [-0.05, 0) is 0 Å². The van der Waals surface area contributed by atoms with Gasteiger partial charge in [0.05, 0.1) is 12.4 Å². The number of carbonyl (C=O) groups excluding carboxylic acids is 1. The Balaban J connectivity index is 2.51. The topological polar surface area (TPSA) is 73.0 Å². The van der Waals surface area contributed by atoms with Gasteiger partial charge in [0.2, 0.25) is 0 Å². The van der Waals surface area contributed by atoms with E-state index >= 15 is 0 Å². The third-order valence-electron chi connectivity index (χ3n) is 1.83. The average molecular weight is 173 g/mol. The Morgan fingerprint density at radius 2 is 2.31 bits per heavy atom. The van der Waals surface area contributed by atoms with Crippen LogP contribution in [-0.2, 0) is 0 Å². The van der Waals surface area contributed by atoms with Crippen LogP contribution in [-0.4, -0.2) is 31.8 Å². The summed E-state index contributed by atoms with van der Waals surface area (Å²) < 4.78 is 1.36. The molecule has 0 spiro atoms. The molecule has 6 heteroatoms. The van der Waals surface area contributed by atoms with Gasteiger partial charge in [-0.15, -0.1) is 0 Å². The smallest absolute Gasteiger partial charge is 0.245 e. The van der Waals surface area contributed by atoms with Crippen LogP contribution in [0, 0.1) is 0 Å². The normalized spacial score (nSPS) is 14.0. The van der Waals surface area contributed by atoms with Crippen molar-refractivity contribution in [3.05, 3.63) is 18.3 Å². The minimum atomic E-state index is -0.351. The van der Waals surface area contributed by atoms with Gasteiger partial charge in [-0.2, -0.15) is 4.99 Å². The highest BCUT2D eigenvalue weighted by molar-refractivity contribution is 6.03. The van der Waals surface area contributed by atoms with E-state index in [0.29, 0.717) is 17.0 Å². The molecule has 0 atom stereocenters. The van der Waals surface area contributed by atoms with Gasteiger partial charge < -0.3 is 0 Å². The predicted molar refractivity (Wildman–Crippen MR) is 43.7 cm³/mol. The quantitative estimate of drug-likeness (QED) is 0.571. The van der Waals surface area contributed by atoms with Gasteiger partial charge in [0.1, 0.15) is 11.8 Å². The summed E-state index contributed by atoms with van der Waals surface area (Å²) in [6.07, 6.45) is 4.36. The molecule has 6 nitrogen and oxygen atoms in total. The van der Waals surface area contributed by atoms with Gasteiger partial charge in [-0.3, -0.25) is 0 Å². The largest absolute Gasteiger partial charge is 0.355 e. The van der Waals surface area contributed by atoms with Crippen LogP contribution >= 0.6 is 0 Å². The van der Waals surface area contributed by atoms with Crippen molar-refractivity contribution in [1.82, 2.24) is 19.5 Å². The summed E-state index contributed by atoms with van der Waals surface area (Å²) >= 11 is 0. The fourth-order valence-electron chi connectivity index (χ4n) is 1.29. The van der Waals surface area contributed by atoms with E-state index in [0.717, 1.165) is 0 Å². The van der Waals surface area contributed by atoms with Gasteiger partial charge in [-0.1, -0.05) is 0 Å². The molecular formula is C7H3N5O. The summed E-state index contributed by atoms with van der Waals surface area (Å²) in [4.78, 5) is 26.7. The van der Waals surface area contributed by atoms with E-state index in [2.05, 4.69) is 19.9 Å². The molecule has 0 N–H and O–H groups in total. The van der Waals surface area contributed by atoms with E-state index in [4.69, 9.17) is 0 Å². The standard InChI is InChI=1S/C7H3N5O/c13-7-9-2-5-11-4-1-8-3-10-6(4)12(5)7/h1-3H. The molecule has 1 aliphatic rings. The van der Waals surface area contributed by atoms with E-state index in [1.165, 1.54) is 17.1 Å². The number of amides is 1. The van der Waals surface area contributed by atoms with E-state index in [1.54, 1.807) is 6.20 Å². The van der Waals surface area contributed by atoms with Gasteiger partial charge in [0, 0.05) is 0 Å². The predicted octanol–water partition coefficient (Wildman–Crippen LogP) is 0.227. The van der Waals surface area contributed by atoms with Crippen LogP contribution in [0.25, 0.3) is 11.2 Å². The van der Waals surface area contributed by atoms with Crippen LogP contribution < -0.4 is 0 Å². The molecule has 3 rings (SSSR count). The first-order valence-corrected chi connectivity index (χ1v) is 3.63. The lowest BCUT2D eigenvalue weighted by Gasteiger charge is -1.91. The minimum absolute atomic E-state index is 0.351. The summed E-state index contributed by atoms with van der Waals surface area (Å²) in [5.74, 6) is 0.514. The SMILES string of the molecule is O=C1N=Cc2nc3cncnc3n21. The van der Waals surface area contributed by atoms with Gasteiger partial charge in [0.15, 0.2) is 11.5 Å². The molecule has 13 heavy (non-hydrogen) atoms. The molecule has 0 fully saturated rings. The maximum absolute atomic E-state index is 11.2. The number of imidazole rings is 1. The van der Waals surface area contributed by atoms with E-state index in [-0.39, 0.29) is 6.03 Å².